The quantitative estimate of drug-likeness (QED) is 0.0306. The van der Waals surface area contributed by atoms with Crippen molar-refractivity contribution in [2.75, 3.05) is 26.4 Å². The summed E-state index contributed by atoms with van der Waals surface area (Å²) >= 11 is 0. The highest BCUT2D eigenvalue weighted by atomic mass is 16.8. The van der Waals surface area contributed by atoms with Crippen LogP contribution in [0.25, 0.3) is 0 Å². The smallest absolute Gasteiger partial charge is 0.364 e. The number of carbonyl (C=O) groups excluding carboxylic acids is 2. The van der Waals surface area contributed by atoms with Crippen LogP contribution < -0.4 is 10.6 Å². The molecule has 0 aromatic heterocycles. The zero-order chi connectivity index (χ0) is 61.2. The Kier molecular flexibility index (Phi) is 38.1. The van der Waals surface area contributed by atoms with E-state index in [1.54, 1.807) is 0 Å². The van der Waals surface area contributed by atoms with Crippen molar-refractivity contribution < 1.29 is 104 Å². The van der Waals surface area contributed by atoms with Gasteiger partial charge in [0.2, 0.25) is 11.8 Å². The maximum atomic E-state index is 13.4. The molecule has 83 heavy (non-hydrogen) atoms. The van der Waals surface area contributed by atoms with Gasteiger partial charge >= 0.3 is 5.97 Å². The Balaban J connectivity index is 1.60. The third-order valence-electron chi connectivity index (χ3n) is 16.2. The molecular formula is C60H110N2O21. The molecule has 0 saturated carbocycles. The van der Waals surface area contributed by atoms with E-state index in [1.165, 1.54) is 83.5 Å². The predicted molar refractivity (Wildman–Crippen MR) is 306 cm³/mol. The zero-order valence-corrected chi connectivity index (χ0v) is 50.1. The minimum Gasteiger partial charge on any atom is -0.477 e. The number of nitrogens with one attached hydrogen (secondary N) is 2. The first-order chi connectivity index (χ1) is 39.9. The highest BCUT2D eigenvalue weighted by Gasteiger charge is 2.60. The van der Waals surface area contributed by atoms with Crippen molar-refractivity contribution in [1.29, 1.82) is 0 Å². The van der Waals surface area contributed by atoms with Crippen LogP contribution in [0.3, 0.4) is 0 Å². The van der Waals surface area contributed by atoms with E-state index in [4.69, 9.17) is 28.4 Å². The normalized spacial score (nSPS) is 30.0. The molecule has 0 bridgehead atoms. The Labute approximate surface area is 492 Å². The summed E-state index contributed by atoms with van der Waals surface area (Å²) in [6.07, 6.45) is 6.87. The van der Waals surface area contributed by atoms with Gasteiger partial charge in [-0.25, -0.2) is 4.79 Å². The van der Waals surface area contributed by atoms with E-state index in [-0.39, 0.29) is 18.9 Å². The van der Waals surface area contributed by atoms with Gasteiger partial charge in [0.25, 0.3) is 5.79 Å². The Bertz CT molecular complexity index is 1750. The molecule has 486 valence electrons. The number of unbranched alkanes of at least 4 members (excludes halogenated alkanes) is 24. The number of aliphatic hydroxyl groups is 11. The van der Waals surface area contributed by atoms with Gasteiger partial charge in [-0.1, -0.05) is 167 Å². The summed E-state index contributed by atoms with van der Waals surface area (Å²) in [6.45, 7) is 2.14. The van der Waals surface area contributed by atoms with Gasteiger partial charge in [-0.05, 0) is 38.5 Å². The number of aliphatic hydroxyl groups excluding tert-OH is 11. The van der Waals surface area contributed by atoms with E-state index in [0.29, 0.717) is 19.3 Å². The topological polar surface area (TPSA) is 373 Å². The molecule has 18 atom stereocenters. The van der Waals surface area contributed by atoms with Crippen LogP contribution >= 0.6 is 0 Å². The van der Waals surface area contributed by atoms with Crippen molar-refractivity contribution in [1.82, 2.24) is 10.6 Å². The highest BCUT2D eigenvalue weighted by molar-refractivity contribution is 5.77. The molecule has 0 aromatic carbocycles. The van der Waals surface area contributed by atoms with Gasteiger partial charge in [-0.2, -0.15) is 0 Å². The van der Waals surface area contributed by atoms with Crippen molar-refractivity contribution in [2.24, 2.45) is 0 Å². The maximum Gasteiger partial charge on any atom is 0.364 e. The molecule has 0 spiro atoms. The lowest BCUT2D eigenvalue weighted by Crippen LogP contribution is -2.70. The van der Waals surface area contributed by atoms with Crippen LogP contribution in [0.4, 0.5) is 0 Å². The molecule has 23 nitrogen and oxygen atoms in total. The van der Waals surface area contributed by atoms with E-state index in [9.17, 15) is 75.7 Å². The molecule has 2 amide bonds. The minimum absolute atomic E-state index is 0.219. The lowest BCUT2D eigenvalue weighted by atomic mass is 9.88. The maximum absolute atomic E-state index is 13.4. The standard InChI is InChI=1S/C60H110N2O21/c1-4-6-8-10-12-14-15-16-17-18-19-20-21-22-23-24-26-28-30-32-34-47(70)62-41(42(67)33-31-29-27-25-13-11-9-7-5-2)39-78-57-52(74)51(73)54(46(38-65)80-57)81-58-53(75)56(50(72)45(37-64)79-58)83-60(59(76)77)35-43(68)48(61-40(3)66)55(82-60)49(71)44(69)36-63/h19-20,41-46,48-58,63-65,67-69,71-75H,4-18,21-39H2,1-3H3,(H,61,66)(H,62,70)(H,76,77)/b20-19-. The van der Waals surface area contributed by atoms with Crippen LogP contribution in [0.15, 0.2) is 12.2 Å². The molecular weight excluding hydrogens is 1080 g/mol. The summed E-state index contributed by atoms with van der Waals surface area (Å²) < 4.78 is 34.7. The molecule has 14 N–H and O–H groups in total. The molecule has 3 aliphatic heterocycles. The predicted octanol–water partition coefficient (Wildman–Crippen LogP) is 3.56. The lowest BCUT2D eigenvalue weighted by molar-refractivity contribution is -0.386. The molecule has 3 heterocycles. The molecule has 3 saturated heterocycles. The largest absolute Gasteiger partial charge is 0.477 e. The third kappa shape index (κ3) is 26.4. The Morgan fingerprint density at radius 3 is 1.63 bits per heavy atom. The minimum atomic E-state index is -3.08. The van der Waals surface area contributed by atoms with Crippen LogP contribution in [0, 0.1) is 0 Å². The summed E-state index contributed by atoms with van der Waals surface area (Å²) in [5, 5.41) is 135. The van der Waals surface area contributed by atoms with Gasteiger partial charge in [0.05, 0.1) is 50.7 Å². The second-order valence-electron chi connectivity index (χ2n) is 23.3. The average molecular weight is 1200 g/mol. The number of amides is 2. The van der Waals surface area contributed by atoms with Crippen molar-refractivity contribution in [3.63, 3.8) is 0 Å². The van der Waals surface area contributed by atoms with Gasteiger partial charge in [0, 0.05) is 19.8 Å². The summed E-state index contributed by atoms with van der Waals surface area (Å²) in [6, 6.07) is -2.53. The fraction of sp³-hybridized carbons (Fsp3) is 0.917. The van der Waals surface area contributed by atoms with E-state index in [0.717, 1.165) is 84.0 Å². The number of carboxylic acid groups (broad SMARTS) is 1. The fourth-order valence-electron chi connectivity index (χ4n) is 11.1. The van der Waals surface area contributed by atoms with Crippen molar-refractivity contribution in [3.05, 3.63) is 12.2 Å². The summed E-state index contributed by atoms with van der Waals surface area (Å²) in [4.78, 5) is 38.4. The molecule has 0 aromatic rings. The third-order valence-corrected chi connectivity index (χ3v) is 16.2. The lowest BCUT2D eigenvalue weighted by Gasteiger charge is -2.50. The van der Waals surface area contributed by atoms with Gasteiger partial charge in [-0.3, -0.25) is 9.59 Å². The van der Waals surface area contributed by atoms with Crippen LogP contribution in [0.5, 0.6) is 0 Å². The van der Waals surface area contributed by atoms with E-state index in [2.05, 4.69) is 36.6 Å². The first-order valence-corrected chi connectivity index (χ1v) is 31.5. The number of hydrogen-bond donors (Lipinski definition) is 14. The van der Waals surface area contributed by atoms with Crippen molar-refractivity contribution in [2.45, 2.75) is 323 Å². The monoisotopic (exact) mass is 1190 g/mol. The Morgan fingerprint density at radius 1 is 0.614 bits per heavy atom. The number of rotatable bonds is 46. The van der Waals surface area contributed by atoms with E-state index >= 15 is 0 Å². The van der Waals surface area contributed by atoms with Gasteiger partial charge in [0.1, 0.15) is 67.1 Å². The van der Waals surface area contributed by atoms with Gasteiger partial charge in [0.15, 0.2) is 12.6 Å². The Morgan fingerprint density at radius 2 is 1.12 bits per heavy atom. The molecule has 3 rings (SSSR count). The van der Waals surface area contributed by atoms with Crippen molar-refractivity contribution >= 4 is 17.8 Å². The first kappa shape index (κ1) is 74.7. The number of allylic oxidation sites excluding steroid dienone is 2. The molecule has 0 radical (unpaired) electrons. The molecule has 3 aliphatic rings. The van der Waals surface area contributed by atoms with Gasteiger partial charge < -0.3 is 100 Å². The molecule has 18 unspecified atom stereocenters. The number of carboxylic acids is 1. The fourth-order valence-corrected chi connectivity index (χ4v) is 11.1. The summed E-state index contributed by atoms with van der Waals surface area (Å²) in [7, 11) is 0. The average Bonchev–Trinajstić information content (AvgIpc) is 3.55. The van der Waals surface area contributed by atoms with Gasteiger partial charge in [-0.15, -0.1) is 0 Å². The highest BCUT2D eigenvalue weighted by Crippen LogP contribution is 2.38. The number of ether oxygens (including phenoxy) is 6. The van der Waals surface area contributed by atoms with E-state index < -0.39 is 148 Å². The van der Waals surface area contributed by atoms with Crippen LogP contribution in [0.1, 0.15) is 213 Å². The number of hydrogen-bond acceptors (Lipinski definition) is 20. The first-order valence-electron chi connectivity index (χ1n) is 31.5. The molecule has 0 aliphatic carbocycles. The van der Waals surface area contributed by atoms with Crippen LogP contribution in [-0.4, -0.2) is 215 Å². The van der Waals surface area contributed by atoms with Crippen molar-refractivity contribution in [3.8, 4) is 0 Å². The Hall–Kier alpha value is -2.53. The zero-order valence-electron chi connectivity index (χ0n) is 50.1. The summed E-state index contributed by atoms with van der Waals surface area (Å²) in [5.41, 5.74) is 0. The van der Waals surface area contributed by atoms with Crippen LogP contribution in [0.2, 0.25) is 0 Å². The molecule has 3 fully saturated rings. The number of carbonyl (C=O) groups is 3. The summed E-state index contributed by atoms with van der Waals surface area (Å²) in [5.74, 6) is -6.11. The molecule has 23 heteroatoms. The van der Waals surface area contributed by atoms with E-state index in [1.807, 2.05) is 0 Å². The van der Waals surface area contributed by atoms with Crippen LogP contribution in [-0.2, 0) is 42.8 Å². The second-order valence-corrected chi connectivity index (χ2v) is 23.3. The number of aliphatic carboxylic acids is 1. The second kappa shape index (κ2) is 42.4. The SMILES string of the molecule is CCCCCCCCCCC/C=C\CCCCCCCCCC(=O)NC(COC1OC(CO)C(OC2OC(CO)C(O)C(OC3(C(=O)O)CC(O)C(NC(C)=O)C(C(O)C(O)CO)O3)C2O)C(O)C1O)C(O)CCCCCCCCCCC.